The van der Waals surface area contributed by atoms with E-state index in [0.717, 1.165) is 5.57 Å². The van der Waals surface area contributed by atoms with Crippen LogP contribution in [0.3, 0.4) is 0 Å². The van der Waals surface area contributed by atoms with E-state index in [2.05, 4.69) is 98.9 Å². The van der Waals surface area contributed by atoms with E-state index < -0.39 is 0 Å². The molecule has 3 aromatic carbocycles. The number of rotatable bonds is 6. The molecule has 35 heavy (non-hydrogen) atoms. The van der Waals surface area contributed by atoms with Gasteiger partial charge in [-0.3, -0.25) is 0 Å². The Kier molecular flexibility index (Phi) is 6.70. The van der Waals surface area contributed by atoms with Crippen LogP contribution in [0.5, 0.6) is 0 Å². The molecule has 2 aliphatic rings. The molecule has 0 N–H and O–H groups in total. The van der Waals surface area contributed by atoms with Crippen molar-refractivity contribution in [3.8, 4) is 11.1 Å². The van der Waals surface area contributed by atoms with Crippen molar-refractivity contribution in [2.24, 2.45) is 0 Å². The van der Waals surface area contributed by atoms with Gasteiger partial charge in [0.05, 0.1) is 0 Å². The Balaban J connectivity index is 1.47. The summed E-state index contributed by atoms with van der Waals surface area (Å²) in [6, 6.07) is 25.0. The smallest absolute Gasteiger partial charge is 0.113 e. The molecule has 0 aliphatic heterocycles. The topological polar surface area (TPSA) is 0 Å². The van der Waals surface area contributed by atoms with E-state index >= 15 is 0 Å². The Bertz CT molecular complexity index is 1250. The van der Waals surface area contributed by atoms with Crippen LogP contribution in [0, 0.1) is 0 Å². The van der Waals surface area contributed by atoms with Gasteiger partial charge in [-0.2, -0.15) is 0 Å². The van der Waals surface area contributed by atoms with Crippen LogP contribution in [0.4, 0.5) is 0 Å². The molecule has 0 heterocycles. The van der Waals surface area contributed by atoms with E-state index in [1.54, 1.807) is 11.1 Å². The minimum Gasteiger partial charge on any atom is -0.113 e. The van der Waals surface area contributed by atoms with Gasteiger partial charge in [0.25, 0.3) is 0 Å². The SMILES string of the molecule is C=CB(c1ccc(-c2ccc3c(c2)C2(CCCCC2)CC3C)cc1)c1ccccc1C(=C)/C=C\C. The second kappa shape index (κ2) is 9.90. The third-order valence-electron chi connectivity index (χ3n) is 8.51. The molecule has 1 unspecified atom stereocenters. The Morgan fingerprint density at radius 3 is 2.37 bits per heavy atom. The lowest BCUT2D eigenvalue weighted by molar-refractivity contribution is 0.283. The first-order valence-electron chi connectivity index (χ1n) is 13.3. The first-order valence-corrected chi connectivity index (χ1v) is 13.3. The van der Waals surface area contributed by atoms with Gasteiger partial charge in [-0.25, -0.2) is 0 Å². The standard InChI is InChI=1S/C34H37B/c1-5-12-25(3)31-13-8-9-14-33(31)35(6-2)29-18-15-27(16-19-29)28-17-20-30-26(4)24-34(32(30)23-28)21-10-7-11-22-34/h5-6,8-9,12-20,23,26H,2-3,7,10-11,21-22,24H2,1,4H3/b12-5-. The highest BCUT2D eigenvalue weighted by Gasteiger charge is 2.42. The molecular formula is C34H37B. The van der Waals surface area contributed by atoms with Gasteiger partial charge in [0.15, 0.2) is 0 Å². The monoisotopic (exact) mass is 456 g/mol. The van der Waals surface area contributed by atoms with E-state index in [-0.39, 0.29) is 6.71 Å². The lowest BCUT2D eigenvalue weighted by atomic mass is 9.40. The molecule has 0 radical (unpaired) electrons. The van der Waals surface area contributed by atoms with Crippen LogP contribution in [0.15, 0.2) is 98.0 Å². The number of allylic oxidation sites excluding steroid dienone is 3. The molecule has 0 aromatic heterocycles. The molecule has 0 amide bonds. The highest BCUT2D eigenvalue weighted by atomic mass is 14.5. The normalized spacial score (nSPS) is 18.5. The fourth-order valence-corrected chi connectivity index (χ4v) is 6.81. The molecule has 176 valence electrons. The highest BCUT2D eigenvalue weighted by molar-refractivity contribution is 6.89. The molecule has 1 fully saturated rings. The van der Waals surface area contributed by atoms with Gasteiger partial charge < -0.3 is 0 Å². The number of hydrogen-bond acceptors (Lipinski definition) is 0. The summed E-state index contributed by atoms with van der Waals surface area (Å²) in [6.45, 7) is 13.1. The van der Waals surface area contributed by atoms with Crippen molar-refractivity contribution in [3.63, 3.8) is 0 Å². The van der Waals surface area contributed by atoms with Gasteiger partial charge in [-0.1, -0.05) is 123 Å². The molecule has 1 saturated carbocycles. The van der Waals surface area contributed by atoms with Crippen LogP contribution in [-0.4, -0.2) is 6.71 Å². The molecule has 0 nitrogen and oxygen atoms in total. The van der Waals surface area contributed by atoms with E-state index in [0.29, 0.717) is 11.3 Å². The third kappa shape index (κ3) is 4.38. The van der Waals surface area contributed by atoms with E-state index in [9.17, 15) is 0 Å². The fraction of sp³-hybridized carbons (Fsp3) is 0.294. The minimum atomic E-state index is 0.133. The number of benzene rings is 3. The Labute approximate surface area is 212 Å². The lowest BCUT2D eigenvalue weighted by Gasteiger charge is -2.35. The predicted octanol–water partition coefficient (Wildman–Crippen LogP) is 7.99. The second-order valence-corrected chi connectivity index (χ2v) is 10.7. The van der Waals surface area contributed by atoms with Crippen LogP contribution in [0.2, 0.25) is 0 Å². The molecule has 5 rings (SSSR count). The molecule has 2 aliphatic carbocycles. The minimum absolute atomic E-state index is 0.133. The molecule has 1 heteroatoms. The Morgan fingerprint density at radius 2 is 1.66 bits per heavy atom. The maximum absolute atomic E-state index is 4.29. The summed E-state index contributed by atoms with van der Waals surface area (Å²) < 4.78 is 0. The zero-order chi connectivity index (χ0) is 24.4. The zero-order valence-corrected chi connectivity index (χ0v) is 21.4. The van der Waals surface area contributed by atoms with Crippen molar-refractivity contribution in [2.75, 3.05) is 0 Å². The van der Waals surface area contributed by atoms with Gasteiger partial charge in [0.1, 0.15) is 0 Å². The lowest BCUT2D eigenvalue weighted by Crippen LogP contribution is -2.42. The van der Waals surface area contributed by atoms with Crippen LogP contribution in [-0.2, 0) is 5.41 Å². The first kappa shape index (κ1) is 23.7. The Hall–Kier alpha value is -3.06. The zero-order valence-electron chi connectivity index (χ0n) is 21.4. The molecule has 3 aromatic rings. The maximum atomic E-state index is 4.29. The fourth-order valence-electron chi connectivity index (χ4n) is 6.81. The van der Waals surface area contributed by atoms with Crippen LogP contribution in [0.25, 0.3) is 16.7 Å². The van der Waals surface area contributed by atoms with Crippen LogP contribution >= 0.6 is 0 Å². The van der Waals surface area contributed by atoms with Gasteiger partial charge in [-0.15, -0.1) is 12.6 Å². The first-order chi connectivity index (χ1) is 17.1. The summed E-state index contributed by atoms with van der Waals surface area (Å²) in [4.78, 5) is 0. The molecule has 0 saturated heterocycles. The molecule has 0 bridgehead atoms. The van der Waals surface area contributed by atoms with Gasteiger partial charge in [0, 0.05) is 0 Å². The average molecular weight is 456 g/mol. The average Bonchev–Trinajstić information content (AvgIpc) is 3.16. The number of fused-ring (bicyclic) bond motifs is 2. The van der Waals surface area contributed by atoms with Crippen molar-refractivity contribution in [3.05, 3.63) is 115 Å². The summed E-state index contributed by atoms with van der Waals surface area (Å²) >= 11 is 0. The molecule has 1 spiro atoms. The van der Waals surface area contributed by atoms with Crippen LogP contribution < -0.4 is 10.9 Å². The van der Waals surface area contributed by atoms with Crippen molar-refractivity contribution in [1.82, 2.24) is 0 Å². The molecule has 1 atom stereocenters. The number of hydrogen-bond donors (Lipinski definition) is 0. The Morgan fingerprint density at radius 1 is 0.943 bits per heavy atom. The van der Waals surface area contributed by atoms with Crippen molar-refractivity contribution in [2.45, 2.75) is 63.7 Å². The van der Waals surface area contributed by atoms with Gasteiger partial charge >= 0.3 is 0 Å². The summed E-state index contributed by atoms with van der Waals surface area (Å²) in [6.07, 6.45) is 12.4. The summed E-state index contributed by atoms with van der Waals surface area (Å²) in [7, 11) is 0. The van der Waals surface area contributed by atoms with E-state index in [1.165, 1.54) is 66.1 Å². The summed E-state index contributed by atoms with van der Waals surface area (Å²) in [5, 5.41) is 0. The van der Waals surface area contributed by atoms with E-state index in [1.807, 2.05) is 13.0 Å². The summed E-state index contributed by atoms with van der Waals surface area (Å²) in [5.74, 6) is 2.74. The van der Waals surface area contributed by atoms with Crippen LogP contribution in [0.1, 0.15) is 75.0 Å². The van der Waals surface area contributed by atoms with Gasteiger partial charge in [0.2, 0.25) is 6.71 Å². The summed E-state index contributed by atoms with van der Waals surface area (Å²) in [5.41, 5.74) is 11.1. The highest BCUT2D eigenvalue weighted by Crippen LogP contribution is 2.54. The predicted molar refractivity (Wildman–Crippen MR) is 155 cm³/mol. The van der Waals surface area contributed by atoms with Crippen molar-refractivity contribution in [1.29, 1.82) is 0 Å². The van der Waals surface area contributed by atoms with Crippen molar-refractivity contribution < 1.29 is 0 Å². The quantitative estimate of drug-likeness (QED) is 0.261. The second-order valence-electron chi connectivity index (χ2n) is 10.7. The van der Waals surface area contributed by atoms with Crippen molar-refractivity contribution >= 4 is 23.2 Å². The van der Waals surface area contributed by atoms with Gasteiger partial charge in [-0.05, 0) is 70.9 Å². The maximum Gasteiger partial charge on any atom is 0.234 e. The largest absolute Gasteiger partial charge is 0.234 e. The van der Waals surface area contributed by atoms with E-state index in [4.69, 9.17) is 0 Å². The molecular weight excluding hydrogens is 419 g/mol. The third-order valence-corrected chi connectivity index (χ3v) is 8.51.